The number of hydrogen-bond donors (Lipinski definition) is 2. The number of nitrogens with two attached hydrogens (primary N) is 1. The van der Waals surface area contributed by atoms with Crippen LogP contribution in [0.4, 0.5) is 20.6 Å². The molecule has 214 valence electrons. The lowest BCUT2D eigenvalue weighted by Gasteiger charge is -2.20. The number of nitrogens with zero attached hydrogens (tertiary/aromatic N) is 4. The van der Waals surface area contributed by atoms with Crippen LogP contribution in [0.1, 0.15) is 31.0 Å². The molecule has 0 aliphatic carbocycles. The summed E-state index contributed by atoms with van der Waals surface area (Å²) in [4.78, 5) is 45.6. The first-order valence-electron chi connectivity index (χ1n) is 12.4. The molecule has 12 nitrogen and oxygen atoms in total. The normalized spacial score (nSPS) is 11.1. The van der Waals surface area contributed by atoms with Gasteiger partial charge in [-0.15, -0.1) is 0 Å². The number of aromatic nitrogens is 3. The summed E-state index contributed by atoms with van der Waals surface area (Å²) in [5.74, 6) is -0.735. The van der Waals surface area contributed by atoms with Gasteiger partial charge in [0.25, 0.3) is 0 Å². The highest BCUT2D eigenvalue weighted by Crippen LogP contribution is 2.40. The molecule has 0 radical (unpaired) electrons. The number of carbonyl (C=O) groups is 1. The predicted molar refractivity (Wildman–Crippen MR) is 152 cm³/mol. The zero-order valence-electron chi connectivity index (χ0n) is 22.5. The van der Waals surface area contributed by atoms with Gasteiger partial charge in [-0.1, -0.05) is 31.5 Å². The monoisotopic (exact) mass is 584 g/mol. The third-order valence-corrected chi connectivity index (χ3v) is 6.56. The number of benzene rings is 1. The fourth-order valence-corrected chi connectivity index (χ4v) is 4.76. The first-order chi connectivity index (χ1) is 19.5. The lowest BCUT2D eigenvalue weighted by molar-refractivity contribution is -0.385. The Kier molecular flexibility index (Phi) is 8.38. The van der Waals surface area contributed by atoms with E-state index in [1.165, 1.54) is 31.4 Å². The van der Waals surface area contributed by atoms with Crippen LogP contribution in [-0.2, 0) is 4.74 Å². The van der Waals surface area contributed by atoms with Gasteiger partial charge in [0.2, 0.25) is 0 Å². The van der Waals surface area contributed by atoms with Crippen molar-refractivity contribution in [2.75, 3.05) is 25.6 Å². The summed E-state index contributed by atoms with van der Waals surface area (Å²) in [6.07, 6.45) is 0.535. The molecule has 1 amide bonds. The highest BCUT2D eigenvalue weighted by Gasteiger charge is 2.31. The number of fused-ring (bicyclic) bond motifs is 1. The minimum Gasteiger partial charge on any atom is -0.496 e. The van der Waals surface area contributed by atoms with Gasteiger partial charge in [0, 0.05) is 18.1 Å². The summed E-state index contributed by atoms with van der Waals surface area (Å²) in [5, 5.41) is 15.1. The fraction of sp³-hybridized carbons (Fsp3) is 0.259. The van der Waals surface area contributed by atoms with E-state index in [9.17, 15) is 19.7 Å². The molecule has 0 saturated carbocycles. The number of hydrogen-bond acceptors (Lipinski definition) is 9. The number of aryl methyl sites for hydroxylation is 1. The Morgan fingerprint density at radius 1 is 1.32 bits per heavy atom. The lowest BCUT2D eigenvalue weighted by atomic mass is 10.0. The van der Waals surface area contributed by atoms with Gasteiger partial charge in [0.1, 0.15) is 23.9 Å². The van der Waals surface area contributed by atoms with E-state index < -0.39 is 28.1 Å². The molecule has 0 unspecified atom stereocenters. The molecule has 0 saturated heterocycles. The van der Waals surface area contributed by atoms with Gasteiger partial charge in [-0.2, -0.15) is 0 Å². The SMILES string of the molecule is COc1cccc(F)c1-c1nc2c(cc1Cl)c(NCCOC(N)=O)c([N+](=O)[O-])c(=O)n2-c1c(C)ccnc1C(C)C. The van der Waals surface area contributed by atoms with Crippen molar-refractivity contribution in [1.29, 1.82) is 0 Å². The van der Waals surface area contributed by atoms with Crippen molar-refractivity contribution >= 4 is 40.1 Å². The second-order valence-corrected chi connectivity index (χ2v) is 9.65. The Morgan fingerprint density at radius 3 is 2.68 bits per heavy atom. The van der Waals surface area contributed by atoms with Crippen LogP contribution in [0.5, 0.6) is 5.75 Å². The molecule has 1 aromatic carbocycles. The molecule has 0 aliphatic rings. The third-order valence-electron chi connectivity index (χ3n) is 6.27. The van der Waals surface area contributed by atoms with Gasteiger partial charge in [0.05, 0.1) is 39.7 Å². The lowest BCUT2D eigenvalue weighted by Crippen LogP contribution is -2.27. The van der Waals surface area contributed by atoms with Gasteiger partial charge >= 0.3 is 17.3 Å². The quantitative estimate of drug-likeness (QED) is 0.155. The second kappa shape index (κ2) is 11.8. The van der Waals surface area contributed by atoms with Crippen molar-refractivity contribution < 1.29 is 23.6 Å². The van der Waals surface area contributed by atoms with E-state index in [1.807, 2.05) is 13.8 Å². The van der Waals surface area contributed by atoms with Crippen molar-refractivity contribution in [3.63, 3.8) is 0 Å². The molecule has 0 spiro atoms. The summed E-state index contributed by atoms with van der Waals surface area (Å²) in [6.45, 7) is 5.08. The minimum absolute atomic E-state index is 0.0493. The Morgan fingerprint density at radius 2 is 2.05 bits per heavy atom. The smallest absolute Gasteiger partial charge is 0.404 e. The van der Waals surface area contributed by atoms with Gasteiger partial charge in [-0.25, -0.2) is 14.2 Å². The average molecular weight is 585 g/mol. The van der Waals surface area contributed by atoms with Crippen molar-refractivity contribution in [2.24, 2.45) is 5.73 Å². The fourth-order valence-electron chi connectivity index (χ4n) is 4.52. The van der Waals surface area contributed by atoms with Crippen LogP contribution >= 0.6 is 11.6 Å². The van der Waals surface area contributed by atoms with Gasteiger partial charge in [0.15, 0.2) is 5.65 Å². The summed E-state index contributed by atoms with van der Waals surface area (Å²) in [7, 11) is 1.36. The third kappa shape index (κ3) is 5.48. The van der Waals surface area contributed by atoms with E-state index in [-0.39, 0.29) is 57.8 Å². The van der Waals surface area contributed by atoms with E-state index >= 15 is 4.39 Å². The van der Waals surface area contributed by atoms with Crippen LogP contribution in [0, 0.1) is 22.9 Å². The maximum absolute atomic E-state index is 15.1. The van der Waals surface area contributed by atoms with E-state index in [4.69, 9.17) is 26.8 Å². The molecule has 4 aromatic rings. The molecule has 3 aromatic heterocycles. The number of amides is 1. The van der Waals surface area contributed by atoms with Crippen LogP contribution in [-0.4, -0.2) is 45.8 Å². The number of primary amides is 1. The van der Waals surface area contributed by atoms with Crippen molar-refractivity contribution in [1.82, 2.24) is 14.5 Å². The molecule has 41 heavy (non-hydrogen) atoms. The summed E-state index contributed by atoms with van der Waals surface area (Å²) in [6, 6.07) is 7.20. The van der Waals surface area contributed by atoms with Crippen LogP contribution in [0.3, 0.4) is 0 Å². The maximum Gasteiger partial charge on any atom is 0.404 e. The number of ether oxygens (including phenoxy) is 2. The Labute approximate surface area is 238 Å². The molecule has 0 atom stereocenters. The molecule has 0 aliphatic heterocycles. The summed E-state index contributed by atoms with van der Waals surface area (Å²) in [5.41, 5.74) is 4.19. The van der Waals surface area contributed by atoms with Gasteiger partial charge in [-0.3, -0.25) is 24.5 Å². The molecule has 4 rings (SSSR count). The molecule has 0 fully saturated rings. The van der Waals surface area contributed by atoms with Gasteiger partial charge in [-0.05, 0) is 42.7 Å². The molecule has 14 heteroatoms. The number of anilines is 1. The molecule has 0 bridgehead atoms. The Hall–Kier alpha value is -4.78. The number of nitrogens with one attached hydrogen (secondary N) is 1. The van der Waals surface area contributed by atoms with Crippen molar-refractivity contribution in [3.8, 4) is 22.7 Å². The highest BCUT2D eigenvalue weighted by molar-refractivity contribution is 6.34. The van der Waals surface area contributed by atoms with Crippen LogP contribution in [0.25, 0.3) is 28.0 Å². The highest BCUT2D eigenvalue weighted by atomic mass is 35.5. The number of rotatable bonds is 9. The molecular formula is C27H26ClFN6O6. The average Bonchev–Trinajstić information content (AvgIpc) is 2.91. The van der Waals surface area contributed by atoms with E-state index in [0.717, 1.165) is 4.57 Å². The van der Waals surface area contributed by atoms with Crippen LogP contribution < -0.4 is 21.3 Å². The van der Waals surface area contributed by atoms with Crippen LogP contribution in [0.15, 0.2) is 41.3 Å². The Bertz CT molecular complexity index is 1740. The minimum atomic E-state index is -1.04. The summed E-state index contributed by atoms with van der Waals surface area (Å²) >= 11 is 6.63. The van der Waals surface area contributed by atoms with E-state index in [0.29, 0.717) is 16.9 Å². The zero-order valence-corrected chi connectivity index (χ0v) is 23.3. The number of pyridine rings is 3. The first-order valence-corrected chi connectivity index (χ1v) is 12.7. The molecular weight excluding hydrogens is 559 g/mol. The topological polar surface area (TPSA) is 164 Å². The standard InChI is InChI=1S/C27H26ClFN6O6/c1-13(2)20-23(14(3)8-9-31-20)34-25-15(21(24(26(34)36)35(38)39)32-10-11-41-27(30)37)12-16(28)22(33-25)19-17(29)6-5-7-18(19)40-4/h5-9,12-13,32H,10-11H2,1-4H3,(H2,30,37). The second-order valence-electron chi connectivity index (χ2n) is 9.24. The van der Waals surface area contributed by atoms with Gasteiger partial charge < -0.3 is 20.5 Å². The van der Waals surface area contributed by atoms with Crippen molar-refractivity contribution in [3.05, 3.63) is 79.1 Å². The first kappa shape index (κ1) is 29.2. The maximum atomic E-state index is 15.1. The summed E-state index contributed by atoms with van der Waals surface area (Å²) < 4.78 is 26.3. The largest absolute Gasteiger partial charge is 0.496 e. The number of nitro groups is 1. The zero-order chi connectivity index (χ0) is 30.0. The number of methoxy groups -OCH3 is 1. The number of carbonyl (C=O) groups excluding carboxylic acids is 1. The number of halogens is 2. The van der Waals surface area contributed by atoms with E-state index in [1.54, 1.807) is 19.2 Å². The Balaban J connectivity index is 2.18. The molecule has 3 N–H and O–H groups in total. The van der Waals surface area contributed by atoms with E-state index in [2.05, 4.69) is 15.3 Å². The van der Waals surface area contributed by atoms with Crippen LogP contribution in [0.2, 0.25) is 5.02 Å². The van der Waals surface area contributed by atoms with Crippen molar-refractivity contribution in [2.45, 2.75) is 26.7 Å². The predicted octanol–water partition coefficient (Wildman–Crippen LogP) is 5.10. The molecule has 3 heterocycles.